The molecule has 12 aromatic carbocycles. The van der Waals surface area contributed by atoms with E-state index in [1.54, 1.807) is 0 Å². The van der Waals surface area contributed by atoms with E-state index in [1.807, 2.05) is 109 Å². The van der Waals surface area contributed by atoms with E-state index in [1.165, 1.54) is 0 Å². The molecule has 0 fully saturated rings. The van der Waals surface area contributed by atoms with Gasteiger partial charge in [-0.25, -0.2) is 49.8 Å². The number of aromatic nitrogens is 16. The smallest absolute Gasteiger partial charge is 0.200 e. The molecular formula is C92H68N16. The van der Waals surface area contributed by atoms with Crippen LogP contribution in [0.3, 0.4) is 0 Å². The van der Waals surface area contributed by atoms with Crippen LogP contribution in [0.4, 0.5) is 0 Å². The number of hydrogen-bond donors (Lipinski definition) is 0. The summed E-state index contributed by atoms with van der Waals surface area (Å²) >= 11 is 0. The Morgan fingerprint density at radius 3 is 0.602 bits per heavy atom. The predicted molar refractivity (Wildman–Crippen MR) is 433 cm³/mol. The summed E-state index contributed by atoms with van der Waals surface area (Å²) in [6.45, 7) is 12.7. The van der Waals surface area contributed by atoms with Gasteiger partial charge in [0, 0.05) is 5.56 Å². The summed E-state index contributed by atoms with van der Waals surface area (Å²) in [5, 5.41) is 0. The topological polar surface area (TPSA) is 158 Å². The maximum absolute atomic E-state index is 5.49. The number of hydrogen-bond acceptors (Lipinski definition) is 10. The minimum atomic E-state index is 0.404. The lowest BCUT2D eigenvalue weighted by atomic mass is 10.1. The quantitative estimate of drug-likeness (QED) is 0.115. The first-order valence-electron chi connectivity index (χ1n) is 36.1. The zero-order chi connectivity index (χ0) is 72.7. The highest BCUT2D eigenvalue weighted by Gasteiger charge is 2.29. The molecule has 0 saturated carbocycles. The molecular weight excluding hydrogens is 1330 g/mol. The molecule has 108 heavy (non-hydrogen) atoms. The molecule has 0 amide bonds. The average Bonchev–Trinajstić information content (AvgIpc) is 1.58. The van der Waals surface area contributed by atoms with Crippen LogP contribution in [0.5, 0.6) is 0 Å². The van der Waals surface area contributed by atoms with Crippen LogP contribution in [-0.2, 0) is 0 Å². The van der Waals surface area contributed by atoms with Gasteiger partial charge in [0.25, 0.3) is 0 Å². The van der Waals surface area contributed by atoms with Gasteiger partial charge in [-0.3, -0.25) is 27.4 Å². The summed E-state index contributed by atoms with van der Waals surface area (Å²) in [5.74, 6) is 5.28. The summed E-state index contributed by atoms with van der Waals surface area (Å²) in [6.07, 6.45) is 0. The number of pyridine rings is 1. The molecule has 0 aliphatic rings. The van der Waals surface area contributed by atoms with Crippen LogP contribution in [0.15, 0.2) is 303 Å². The molecule has 0 radical (unpaired) electrons. The fourth-order valence-corrected chi connectivity index (χ4v) is 15.1. The van der Waals surface area contributed by atoms with Crippen LogP contribution in [0.2, 0.25) is 0 Å². The Morgan fingerprint density at radius 1 is 0.176 bits per heavy atom. The summed E-state index contributed by atoms with van der Waals surface area (Å²) < 4.78 is 13.2. The van der Waals surface area contributed by atoms with E-state index in [0.717, 1.165) is 157 Å². The van der Waals surface area contributed by atoms with Gasteiger partial charge in [0.1, 0.15) is 17.2 Å². The molecule has 0 spiro atoms. The van der Waals surface area contributed by atoms with E-state index in [2.05, 4.69) is 263 Å². The van der Waals surface area contributed by atoms with E-state index in [4.69, 9.17) is 49.8 Å². The van der Waals surface area contributed by atoms with Crippen molar-refractivity contribution in [2.24, 2.45) is 0 Å². The van der Waals surface area contributed by atoms with E-state index in [-0.39, 0.29) is 0 Å². The lowest BCUT2D eigenvalue weighted by Crippen LogP contribution is -2.10. The van der Waals surface area contributed by atoms with Crippen molar-refractivity contribution in [3.8, 4) is 103 Å². The van der Waals surface area contributed by atoms with E-state index >= 15 is 0 Å². The van der Waals surface area contributed by atoms with Gasteiger partial charge in [0.15, 0.2) is 29.1 Å². The molecule has 0 N–H and O–H groups in total. The van der Waals surface area contributed by atoms with Crippen LogP contribution in [0.1, 0.15) is 33.4 Å². The second-order valence-corrected chi connectivity index (χ2v) is 27.2. The first-order chi connectivity index (χ1) is 53.1. The SMILES string of the molecule is Cc1ccccc1-n1c(-c2cc(-c3nc4ccccc4n3-c3ccccc3C)nc(-c3nc4ccccc4n3-c3ccccc3C)c2)nc2ccccc21.Cc1ccccc1-n1c(-c2nc(-c3nc4ccccc4n3-c3ccccc3C)nc(-c3nc4ccccc4n3-c3ccccc3C)n2)nc2ccccc21. The Labute approximate surface area is 621 Å². The molecule has 20 aromatic rings. The number of rotatable bonds is 12. The van der Waals surface area contributed by atoms with Crippen molar-refractivity contribution in [3.63, 3.8) is 0 Å². The first-order valence-corrected chi connectivity index (χ1v) is 36.1. The Morgan fingerprint density at radius 2 is 0.361 bits per heavy atom. The van der Waals surface area contributed by atoms with Crippen LogP contribution in [0.25, 0.3) is 170 Å². The second kappa shape index (κ2) is 26.4. The van der Waals surface area contributed by atoms with Gasteiger partial charge in [0.05, 0.1) is 100 Å². The van der Waals surface area contributed by atoms with Crippen LogP contribution >= 0.6 is 0 Å². The molecule has 8 heterocycles. The van der Waals surface area contributed by atoms with Gasteiger partial charge in [-0.15, -0.1) is 0 Å². The number of imidazole rings is 6. The van der Waals surface area contributed by atoms with Crippen molar-refractivity contribution in [2.75, 3.05) is 0 Å². The van der Waals surface area contributed by atoms with E-state index in [0.29, 0.717) is 46.3 Å². The molecule has 0 aliphatic carbocycles. The Kier molecular flexibility index (Phi) is 15.8. The van der Waals surface area contributed by atoms with Crippen molar-refractivity contribution in [2.45, 2.75) is 41.5 Å². The minimum Gasteiger partial charge on any atom is -0.292 e. The Balaban J connectivity index is 0.000000147. The van der Waals surface area contributed by atoms with Gasteiger partial charge in [-0.2, -0.15) is 0 Å². The highest BCUT2D eigenvalue weighted by Crippen LogP contribution is 2.41. The summed E-state index contributed by atoms with van der Waals surface area (Å²) in [5.41, 5.74) is 26.3. The fourth-order valence-electron chi connectivity index (χ4n) is 15.1. The van der Waals surface area contributed by atoms with Crippen LogP contribution in [-0.4, -0.2) is 77.2 Å². The lowest BCUT2D eigenvalue weighted by molar-refractivity contribution is 0.956. The summed E-state index contributed by atoms with van der Waals surface area (Å²) in [4.78, 5) is 52.8. The number of nitrogens with zero attached hydrogens (tertiary/aromatic N) is 16. The van der Waals surface area contributed by atoms with Gasteiger partial charge in [-0.05, 0) is 196 Å². The second-order valence-electron chi connectivity index (χ2n) is 27.2. The Bertz CT molecular complexity index is 5840. The molecule has 16 heteroatoms. The number of aryl methyl sites for hydroxylation is 6. The molecule has 0 bridgehead atoms. The summed E-state index contributed by atoms with van der Waals surface area (Å²) in [7, 11) is 0. The van der Waals surface area contributed by atoms with E-state index in [9.17, 15) is 0 Å². The monoisotopic (exact) mass is 1400 g/mol. The third-order valence-corrected chi connectivity index (χ3v) is 20.3. The average molecular weight is 1400 g/mol. The molecule has 20 rings (SSSR count). The number of fused-ring (bicyclic) bond motifs is 6. The van der Waals surface area contributed by atoms with Gasteiger partial charge in [-0.1, -0.05) is 182 Å². The largest absolute Gasteiger partial charge is 0.292 e. The van der Waals surface area contributed by atoms with Crippen LogP contribution in [0, 0.1) is 41.5 Å². The third kappa shape index (κ3) is 11.0. The predicted octanol–water partition coefficient (Wildman–Crippen LogP) is 20.8. The number of para-hydroxylation sites is 18. The zero-order valence-corrected chi connectivity index (χ0v) is 60.0. The van der Waals surface area contributed by atoms with Crippen molar-refractivity contribution in [1.82, 2.24) is 77.2 Å². The van der Waals surface area contributed by atoms with Crippen molar-refractivity contribution in [1.29, 1.82) is 0 Å². The number of benzene rings is 12. The van der Waals surface area contributed by atoms with Crippen molar-refractivity contribution in [3.05, 3.63) is 337 Å². The highest BCUT2D eigenvalue weighted by atomic mass is 15.2. The highest BCUT2D eigenvalue weighted by molar-refractivity contribution is 5.91. The van der Waals surface area contributed by atoms with Crippen molar-refractivity contribution >= 4 is 66.2 Å². The lowest BCUT2D eigenvalue weighted by Gasteiger charge is -2.16. The molecule has 8 aromatic heterocycles. The van der Waals surface area contributed by atoms with Gasteiger partial charge < -0.3 is 0 Å². The Hall–Kier alpha value is -14.4. The van der Waals surface area contributed by atoms with E-state index < -0.39 is 0 Å². The van der Waals surface area contributed by atoms with Gasteiger partial charge in [0.2, 0.25) is 17.5 Å². The van der Waals surface area contributed by atoms with Crippen LogP contribution < -0.4 is 0 Å². The molecule has 0 unspecified atom stereocenters. The standard InChI is InChI=1S/C47H35N7.C45H33N9/c1-30-16-4-10-22-39(30)52-42-25-13-7-19-34(42)49-45(52)33-28-37(46-50-35-20-8-14-26-43(35)53(46)40-23-11-5-17-31(40)2)48-38(29-33)47-51-36-21-9-15-27-44(36)54(47)41-24-12-6-18-32(41)3;1-28-16-4-10-22-34(28)52-37-25-13-7-19-31(37)46-43(52)40-49-41(44-47-32-20-8-14-26-38(32)53(44)35-23-11-5-17-29(35)2)51-42(50-40)45-48-33-21-9-15-27-39(33)54(45)36-24-12-6-18-30(36)3/h4-29H,1-3H3;4-27H,1-3H3. The third-order valence-electron chi connectivity index (χ3n) is 20.3. The van der Waals surface area contributed by atoms with Gasteiger partial charge >= 0.3 is 0 Å². The summed E-state index contributed by atoms with van der Waals surface area (Å²) in [6, 6.07) is 104. The molecule has 0 aliphatic heterocycles. The minimum absolute atomic E-state index is 0.404. The molecule has 516 valence electrons. The molecule has 16 nitrogen and oxygen atoms in total. The maximum Gasteiger partial charge on any atom is 0.200 e. The molecule has 0 saturated heterocycles. The fraction of sp³-hybridized carbons (Fsp3) is 0.0652. The maximum atomic E-state index is 5.49. The molecule has 0 atom stereocenters. The first kappa shape index (κ1) is 64.5. The zero-order valence-electron chi connectivity index (χ0n) is 60.0. The normalized spacial score (nSPS) is 11.6. The van der Waals surface area contributed by atoms with Crippen molar-refractivity contribution < 1.29 is 0 Å².